The SMILES string of the molecule is CCc1ccc(NC(=O)CN2CCCC2CNC)cc1.Cl. The van der Waals surface area contributed by atoms with Crippen LogP contribution in [0.15, 0.2) is 24.3 Å². The van der Waals surface area contributed by atoms with Gasteiger partial charge in [-0.1, -0.05) is 19.1 Å². The van der Waals surface area contributed by atoms with Crippen LogP contribution in [-0.2, 0) is 11.2 Å². The van der Waals surface area contributed by atoms with Crippen molar-refractivity contribution in [3.05, 3.63) is 29.8 Å². The molecule has 1 saturated heterocycles. The van der Waals surface area contributed by atoms with E-state index in [0.29, 0.717) is 12.6 Å². The lowest BCUT2D eigenvalue weighted by atomic mass is 10.1. The maximum Gasteiger partial charge on any atom is 0.238 e. The van der Waals surface area contributed by atoms with Crippen LogP contribution in [0.4, 0.5) is 5.69 Å². The Kier molecular flexibility index (Phi) is 7.72. The van der Waals surface area contributed by atoms with Crippen molar-refractivity contribution in [3.8, 4) is 0 Å². The number of rotatable bonds is 6. The number of hydrogen-bond donors (Lipinski definition) is 2. The van der Waals surface area contributed by atoms with Crippen molar-refractivity contribution in [3.63, 3.8) is 0 Å². The third-order valence-corrected chi connectivity index (χ3v) is 3.93. The van der Waals surface area contributed by atoms with Gasteiger partial charge in [-0.3, -0.25) is 9.69 Å². The van der Waals surface area contributed by atoms with E-state index in [9.17, 15) is 4.79 Å². The Labute approximate surface area is 133 Å². The van der Waals surface area contributed by atoms with E-state index < -0.39 is 0 Å². The van der Waals surface area contributed by atoms with Crippen LogP contribution in [-0.4, -0.2) is 43.5 Å². The minimum atomic E-state index is 0. The Hall–Kier alpha value is -1.10. The van der Waals surface area contributed by atoms with Crippen LogP contribution in [0.1, 0.15) is 25.3 Å². The molecule has 0 bridgehead atoms. The van der Waals surface area contributed by atoms with E-state index >= 15 is 0 Å². The normalized spacial score (nSPS) is 18.3. The van der Waals surface area contributed by atoms with Crippen LogP contribution in [0.2, 0.25) is 0 Å². The van der Waals surface area contributed by atoms with Crippen molar-refractivity contribution in [1.82, 2.24) is 10.2 Å². The summed E-state index contributed by atoms with van der Waals surface area (Å²) in [4.78, 5) is 14.4. The highest BCUT2D eigenvalue weighted by molar-refractivity contribution is 5.92. The molecule has 0 saturated carbocycles. The fourth-order valence-electron chi connectivity index (χ4n) is 2.78. The second-order valence-corrected chi connectivity index (χ2v) is 5.42. The molecule has 2 N–H and O–H groups in total. The van der Waals surface area contributed by atoms with Crippen LogP contribution in [0.25, 0.3) is 0 Å². The Morgan fingerprint density at radius 3 is 2.67 bits per heavy atom. The summed E-state index contributed by atoms with van der Waals surface area (Å²) in [6.07, 6.45) is 3.39. The smallest absolute Gasteiger partial charge is 0.238 e. The van der Waals surface area contributed by atoms with Crippen LogP contribution in [0.5, 0.6) is 0 Å². The molecule has 21 heavy (non-hydrogen) atoms. The van der Waals surface area contributed by atoms with E-state index in [2.05, 4.69) is 34.6 Å². The van der Waals surface area contributed by atoms with Gasteiger partial charge in [0, 0.05) is 18.3 Å². The number of hydrogen-bond acceptors (Lipinski definition) is 3. The van der Waals surface area contributed by atoms with E-state index in [1.54, 1.807) is 0 Å². The number of benzene rings is 1. The molecule has 1 aliphatic heterocycles. The minimum absolute atomic E-state index is 0. The zero-order chi connectivity index (χ0) is 14.4. The third kappa shape index (κ3) is 5.30. The molecule has 1 unspecified atom stereocenters. The lowest BCUT2D eigenvalue weighted by Crippen LogP contribution is -2.41. The van der Waals surface area contributed by atoms with E-state index in [4.69, 9.17) is 0 Å². The lowest BCUT2D eigenvalue weighted by Gasteiger charge is -2.23. The van der Waals surface area contributed by atoms with Crippen LogP contribution in [0, 0.1) is 0 Å². The number of likely N-dealkylation sites (N-methyl/N-ethyl adjacent to an activating group) is 1. The number of likely N-dealkylation sites (tertiary alicyclic amines) is 1. The molecule has 0 aliphatic carbocycles. The maximum absolute atomic E-state index is 12.1. The second kappa shape index (κ2) is 9.03. The molecule has 1 amide bonds. The Morgan fingerprint density at radius 2 is 2.05 bits per heavy atom. The lowest BCUT2D eigenvalue weighted by molar-refractivity contribution is -0.117. The minimum Gasteiger partial charge on any atom is -0.325 e. The van der Waals surface area contributed by atoms with Crippen molar-refractivity contribution in [2.45, 2.75) is 32.2 Å². The average Bonchev–Trinajstić information content (AvgIpc) is 2.87. The van der Waals surface area contributed by atoms with Gasteiger partial charge in [-0.25, -0.2) is 0 Å². The summed E-state index contributed by atoms with van der Waals surface area (Å²) in [6, 6.07) is 8.58. The average molecular weight is 312 g/mol. The summed E-state index contributed by atoms with van der Waals surface area (Å²) in [7, 11) is 1.96. The van der Waals surface area contributed by atoms with Crippen molar-refractivity contribution in [2.24, 2.45) is 0 Å². The summed E-state index contributed by atoms with van der Waals surface area (Å²) in [5.74, 6) is 0.0808. The molecular formula is C16H26ClN3O. The van der Waals surface area contributed by atoms with E-state index in [0.717, 1.165) is 25.2 Å². The number of aryl methyl sites for hydroxylation is 1. The molecule has 4 nitrogen and oxygen atoms in total. The number of amides is 1. The van der Waals surface area contributed by atoms with Crippen molar-refractivity contribution in [2.75, 3.05) is 32.0 Å². The molecule has 2 rings (SSSR count). The quantitative estimate of drug-likeness (QED) is 0.847. The summed E-state index contributed by atoms with van der Waals surface area (Å²) < 4.78 is 0. The van der Waals surface area contributed by atoms with Crippen molar-refractivity contribution < 1.29 is 4.79 Å². The highest BCUT2D eigenvalue weighted by Crippen LogP contribution is 2.16. The fraction of sp³-hybridized carbons (Fsp3) is 0.562. The van der Waals surface area contributed by atoms with E-state index in [-0.39, 0.29) is 18.3 Å². The molecule has 118 valence electrons. The molecular weight excluding hydrogens is 286 g/mol. The molecule has 5 heteroatoms. The summed E-state index contributed by atoms with van der Waals surface area (Å²) in [5, 5.41) is 6.18. The van der Waals surface area contributed by atoms with Gasteiger partial charge in [0.15, 0.2) is 0 Å². The van der Waals surface area contributed by atoms with Gasteiger partial charge in [-0.2, -0.15) is 0 Å². The number of anilines is 1. The number of nitrogens with one attached hydrogen (secondary N) is 2. The topological polar surface area (TPSA) is 44.4 Å². The van der Waals surface area contributed by atoms with Gasteiger partial charge in [-0.15, -0.1) is 12.4 Å². The predicted molar refractivity (Wildman–Crippen MR) is 90.2 cm³/mol. The maximum atomic E-state index is 12.1. The Balaban J connectivity index is 0.00000220. The summed E-state index contributed by atoms with van der Waals surface area (Å²) in [6.45, 7) is 4.59. The highest BCUT2D eigenvalue weighted by atomic mass is 35.5. The first-order valence-electron chi connectivity index (χ1n) is 7.50. The fourth-order valence-corrected chi connectivity index (χ4v) is 2.78. The molecule has 1 fully saturated rings. The standard InChI is InChI=1S/C16H25N3O.ClH/c1-3-13-6-8-14(9-7-13)18-16(20)12-19-10-4-5-15(19)11-17-2;/h6-9,15,17H,3-5,10-12H2,1-2H3,(H,18,20);1H. The third-order valence-electron chi connectivity index (χ3n) is 3.93. The molecule has 0 radical (unpaired) electrons. The van der Waals surface area contributed by atoms with Crippen molar-refractivity contribution in [1.29, 1.82) is 0 Å². The molecule has 0 spiro atoms. The number of nitrogens with zero attached hydrogens (tertiary/aromatic N) is 1. The largest absolute Gasteiger partial charge is 0.325 e. The zero-order valence-corrected chi connectivity index (χ0v) is 13.7. The van der Waals surface area contributed by atoms with Gasteiger partial charge in [-0.05, 0) is 50.6 Å². The molecule has 1 heterocycles. The molecule has 1 aromatic carbocycles. The van der Waals surface area contributed by atoms with Gasteiger partial charge in [0.2, 0.25) is 5.91 Å². The van der Waals surface area contributed by atoms with Gasteiger partial charge in [0.05, 0.1) is 6.54 Å². The van der Waals surface area contributed by atoms with Crippen LogP contribution < -0.4 is 10.6 Å². The Bertz CT molecular complexity index is 436. The summed E-state index contributed by atoms with van der Waals surface area (Å²) in [5.41, 5.74) is 2.17. The molecule has 1 atom stereocenters. The van der Waals surface area contributed by atoms with Crippen LogP contribution >= 0.6 is 12.4 Å². The molecule has 1 aromatic rings. The van der Waals surface area contributed by atoms with Gasteiger partial charge in [0.1, 0.15) is 0 Å². The van der Waals surface area contributed by atoms with Crippen LogP contribution in [0.3, 0.4) is 0 Å². The zero-order valence-electron chi connectivity index (χ0n) is 12.9. The first-order valence-corrected chi connectivity index (χ1v) is 7.50. The van der Waals surface area contributed by atoms with E-state index in [1.807, 2.05) is 19.2 Å². The first kappa shape index (κ1) is 18.0. The number of carbonyl (C=O) groups excluding carboxylic acids is 1. The highest BCUT2D eigenvalue weighted by Gasteiger charge is 2.25. The van der Waals surface area contributed by atoms with Crippen molar-refractivity contribution >= 4 is 24.0 Å². The number of halogens is 1. The number of carbonyl (C=O) groups is 1. The predicted octanol–water partition coefficient (Wildman–Crippen LogP) is 2.29. The Morgan fingerprint density at radius 1 is 1.33 bits per heavy atom. The monoisotopic (exact) mass is 311 g/mol. The van der Waals surface area contributed by atoms with Gasteiger partial charge < -0.3 is 10.6 Å². The summed E-state index contributed by atoms with van der Waals surface area (Å²) >= 11 is 0. The second-order valence-electron chi connectivity index (χ2n) is 5.42. The molecule has 1 aliphatic rings. The molecule has 0 aromatic heterocycles. The van der Waals surface area contributed by atoms with E-state index in [1.165, 1.54) is 18.4 Å². The van der Waals surface area contributed by atoms with Gasteiger partial charge in [0.25, 0.3) is 0 Å². The van der Waals surface area contributed by atoms with Gasteiger partial charge >= 0.3 is 0 Å². The first-order chi connectivity index (χ1) is 9.72.